The monoisotopic (exact) mass is 586 g/mol. The van der Waals surface area contributed by atoms with Crippen LogP contribution in [-0.4, -0.2) is 59.7 Å². The van der Waals surface area contributed by atoms with Crippen molar-refractivity contribution >= 4 is 49.9 Å². The third kappa shape index (κ3) is 8.88. The summed E-state index contributed by atoms with van der Waals surface area (Å²) in [4.78, 5) is 42.4. The molecule has 12 heteroatoms. The summed E-state index contributed by atoms with van der Waals surface area (Å²) in [5, 5.41) is 15.4. The van der Waals surface area contributed by atoms with E-state index in [1.165, 1.54) is 24.5 Å². The van der Waals surface area contributed by atoms with Gasteiger partial charge in [0.05, 0.1) is 10.6 Å². The molecule has 40 heavy (non-hydrogen) atoms. The van der Waals surface area contributed by atoms with Crippen LogP contribution in [0.1, 0.15) is 49.4 Å². The van der Waals surface area contributed by atoms with E-state index < -0.39 is 27.4 Å². The Kier molecular flexibility index (Phi) is 9.69. The number of hydrogen-bond donors (Lipinski definition) is 3. The van der Waals surface area contributed by atoms with Crippen molar-refractivity contribution in [3.63, 3.8) is 0 Å². The fourth-order valence-corrected chi connectivity index (χ4v) is 5.63. The lowest BCUT2D eigenvalue weighted by Crippen LogP contribution is -2.48. The van der Waals surface area contributed by atoms with Gasteiger partial charge in [0.1, 0.15) is 6.54 Å². The van der Waals surface area contributed by atoms with Crippen molar-refractivity contribution in [3.8, 4) is 0 Å². The Balaban J connectivity index is 1.67. The van der Waals surface area contributed by atoms with Gasteiger partial charge < -0.3 is 15.7 Å². The third-order valence-electron chi connectivity index (χ3n) is 6.01. The normalized spacial score (nSPS) is 11.6. The number of sulfone groups is 1. The molecule has 0 bridgehead atoms. The Morgan fingerprint density at radius 1 is 0.950 bits per heavy atom. The van der Waals surface area contributed by atoms with Gasteiger partial charge in [0.25, 0.3) is 0 Å². The fourth-order valence-electron chi connectivity index (χ4n) is 3.91. The Hall–Kier alpha value is -3.77. The number of aromatic nitrogens is 1. The van der Waals surface area contributed by atoms with Gasteiger partial charge in [-0.15, -0.1) is 11.3 Å². The largest absolute Gasteiger partial charge is 0.465 e. The minimum absolute atomic E-state index is 0.212. The molecule has 3 rings (SSSR count). The maximum Gasteiger partial charge on any atom is 0.408 e. The molecule has 0 saturated carbocycles. The molecule has 214 valence electrons. The molecule has 0 unspecified atom stereocenters. The molecule has 2 aromatic carbocycles. The van der Waals surface area contributed by atoms with Gasteiger partial charge in [0, 0.05) is 35.7 Å². The highest BCUT2D eigenvalue weighted by atomic mass is 32.2. The minimum Gasteiger partial charge on any atom is -0.465 e. The number of aryl methyl sites for hydroxylation is 2. The number of amides is 3. The molecule has 3 amide bonds. The maximum absolute atomic E-state index is 12.4. The van der Waals surface area contributed by atoms with Crippen LogP contribution in [0.3, 0.4) is 0 Å². The van der Waals surface area contributed by atoms with Crippen LogP contribution >= 0.6 is 11.3 Å². The number of thiazole rings is 1. The second-order valence-electron chi connectivity index (χ2n) is 10.4. The van der Waals surface area contributed by atoms with E-state index >= 15 is 0 Å². The Bertz CT molecular complexity index is 1470. The molecule has 3 aromatic rings. The van der Waals surface area contributed by atoms with Crippen LogP contribution in [0.25, 0.3) is 0 Å². The molecule has 1 aromatic heterocycles. The van der Waals surface area contributed by atoms with Crippen LogP contribution in [0.15, 0.2) is 53.4 Å². The van der Waals surface area contributed by atoms with E-state index in [1.807, 2.05) is 12.1 Å². The molecule has 0 aliphatic heterocycles. The van der Waals surface area contributed by atoms with Crippen LogP contribution in [0, 0.1) is 0 Å². The lowest BCUT2D eigenvalue weighted by atomic mass is 10.0. The number of hydrogen-bond acceptors (Lipinski definition) is 7. The third-order valence-corrected chi connectivity index (χ3v) is 8.15. The van der Waals surface area contributed by atoms with E-state index in [2.05, 4.69) is 15.6 Å². The average Bonchev–Trinajstić information content (AvgIpc) is 3.21. The van der Waals surface area contributed by atoms with Gasteiger partial charge in [-0.1, -0.05) is 24.3 Å². The Labute approximate surface area is 238 Å². The van der Waals surface area contributed by atoms with E-state index in [-0.39, 0.29) is 17.3 Å². The number of nitrogens with zero attached hydrogens (tertiary/aromatic N) is 2. The second kappa shape index (κ2) is 12.6. The lowest BCUT2D eigenvalue weighted by molar-refractivity contribution is -0.118. The van der Waals surface area contributed by atoms with Crippen LogP contribution in [0.2, 0.25) is 0 Å². The summed E-state index contributed by atoms with van der Waals surface area (Å²) in [6.07, 6.45) is 1.82. The molecule has 1 heterocycles. The SMILES string of the molecule is CC(=O)Nc1nc(CCc2ccc(NC(=O)CN(C(=O)O)C(C)(C)C)cc2)c(Cc2ccc(S(C)(=O)=O)cc2)s1. The quantitative estimate of drug-likeness (QED) is 0.315. The minimum atomic E-state index is -3.28. The smallest absolute Gasteiger partial charge is 0.408 e. The number of benzene rings is 2. The summed E-state index contributed by atoms with van der Waals surface area (Å²) >= 11 is 1.39. The summed E-state index contributed by atoms with van der Waals surface area (Å²) in [6, 6.07) is 14.0. The number of rotatable bonds is 10. The second-order valence-corrected chi connectivity index (χ2v) is 13.5. The zero-order valence-electron chi connectivity index (χ0n) is 23.1. The van der Waals surface area contributed by atoms with Crippen molar-refractivity contribution in [1.82, 2.24) is 9.88 Å². The van der Waals surface area contributed by atoms with Crippen LogP contribution in [0.5, 0.6) is 0 Å². The average molecular weight is 587 g/mol. The van der Waals surface area contributed by atoms with Crippen molar-refractivity contribution < 1.29 is 27.9 Å². The summed E-state index contributed by atoms with van der Waals surface area (Å²) in [7, 11) is -3.28. The van der Waals surface area contributed by atoms with E-state index in [1.54, 1.807) is 57.2 Å². The predicted molar refractivity (Wildman–Crippen MR) is 156 cm³/mol. The number of carbonyl (C=O) groups excluding carboxylic acids is 2. The highest BCUT2D eigenvalue weighted by Gasteiger charge is 2.28. The molecule has 0 spiro atoms. The highest BCUT2D eigenvalue weighted by Crippen LogP contribution is 2.28. The Morgan fingerprint density at radius 3 is 2.08 bits per heavy atom. The van der Waals surface area contributed by atoms with Gasteiger partial charge in [-0.3, -0.25) is 14.5 Å². The maximum atomic E-state index is 12.4. The molecule has 0 saturated heterocycles. The van der Waals surface area contributed by atoms with E-state index in [9.17, 15) is 27.9 Å². The van der Waals surface area contributed by atoms with E-state index in [0.29, 0.717) is 30.1 Å². The first-order valence-electron chi connectivity index (χ1n) is 12.6. The molecule has 0 aliphatic carbocycles. The van der Waals surface area contributed by atoms with E-state index in [0.717, 1.165) is 26.6 Å². The van der Waals surface area contributed by atoms with E-state index in [4.69, 9.17) is 0 Å². The molecular formula is C28H34N4O6S2. The molecule has 0 radical (unpaired) electrons. The molecule has 0 fully saturated rings. The van der Waals surface area contributed by atoms with Gasteiger partial charge in [0.2, 0.25) is 11.8 Å². The van der Waals surface area contributed by atoms with Crippen molar-refractivity contribution in [3.05, 3.63) is 70.2 Å². The number of nitrogens with one attached hydrogen (secondary N) is 2. The molecule has 0 atom stereocenters. The summed E-state index contributed by atoms with van der Waals surface area (Å²) < 4.78 is 23.5. The summed E-state index contributed by atoms with van der Waals surface area (Å²) in [6.45, 7) is 6.33. The van der Waals surface area contributed by atoms with Gasteiger partial charge in [0.15, 0.2) is 15.0 Å². The standard InChI is InChI=1S/C28H34N4O6S2/c1-18(33)29-26-31-23(24(39-26)16-20-8-13-22(14-9-20)40(5,37)38)15-10-19-6-11-21(12-7-19)30-25(34)17-32(27(35)36)28(2,3)4/h6-9,11-14H,10,15-17H2,1-5H3,(H,30,34)(H,35,36)(H,29,31,33). The first kappa shape index (κ1) is 30.8. The zero-order chi connectivity index (χ0) is 29.7. The van der Waals surface area contributed by atoms with Crippen LogP contribution in [0.4, 0.5) is 15.6 Å². The van der Waals surface area contributed by atoms with Crippen molar-refractivity contribution in [2.45, 2.75) is 57.4 Å². The van der Waals surface area contributed by atoms with Crippen LogP contribution < -0.4 is 10.6 Å². The molecule has 0 aliphatic rings. The lowest BCUT2D eigenvalue weighted by Gasteiger charge is -2.32. The van der Waals surface area contributed by atoms with Gasteiger partial charge in [-0.25, -0.2) is 18.2 Å². The number of carbonyl (C=O) groups is 3. The number of carboxylic acid groups (broad SMARTS) is 1. The first-order valence-corrected chi connectivity index (χ1v) is 15.3. The summed E-state index contributed by atoms with van der Waals surface area (Å²) in [5.74, 6) is -0.636. The predicted octanol–water partition coefficient (Wildman–Crippen LogP) is 4.60. The Morgan fingerprint density at radius 2 is 1.55 bits per heavy atom. The van der Waals surface area contributed by atoms with Crippen molar-refractivity contribution in [2.24, 2.45) is 0 Å². The van der Waals surface area contributed by atoms with Crippen LogP contribution in [-0.2, 0) is 38.7 Å². The molecular weight excluding hydrogens is 552 g/mol. The highest BCUT2D eigenvalue weighted by molar-refractivity contribution is 7.90. The number of anilines is 2. The fraction of sp³-hybridized carbons (Fsp3) is 0.357. The molecule has 10 nitrogen and oxygen atoms in total. The first-order chi connectivity index (χ1) is 18.6. The van der Waals surface area contributed by atoms with Crippen molar-refractivity contribution in [1.29, 1.82) is 0 Å². The topological polar surface area (TPSA) is 146 Å². The van der Waals surface area contributed by atoms with Gasteiger partial charge >= 0.3 is 6.09 Å². The zero-order valence-corrected chi connectivity index (χ0v) is 24.8. The van der Waals surface area contributed by atoms with Gasteiger partial charge in [-0.2, -0.15) is 0 Å². The summed E-state index contributed by atoms with van der Waals surface area (Å²) in [5.41, 5.74) is 2.64. The van der Waals surface area contributed by atoms with Crippen molar-refractivity contribution in [2.75, 3.05) is 23.4 Å². The molecule has 3 N–H and O–H groups in total. The van der Waals surface area contributed by atoms with Gasteiger partial charge in [-0.05, 0) is 69.0 Å².